The molecule has 1 N–H and O–H groups in total. The molecule has 0 fully saturated rings. The SMILES string of the molecule is Cc1nc2c(C)nc(-c3ccccc3)cn2c1O. The lowest BCUT2D eigenvalue weighted by molar-refractivity contribution is 0.444. The first kappa shape index (κ1) is 10.8. The van der Waals surface area contributed by atoms with Gasteiger partial charge in [-0.05, 0) is 13.8 Å². The monoisotopic (exact) mass is 239 g/mol. The largest absolute Gasteiger partial charge is 0.493 e. The van der Waals surface area contributed by atoms with Crippen LogP contribution in [0, 0.1) is 13.8 Å². The van der Waals surface area contributed by atoms with Crippen LogP contribution in [0.3, 0.4) is 0 Å². The minimum Gasteiger partial charge on any atom is -0.493 e. The van der Waals surface area contributed by atoms with Crippen LogP contribution in [-0.2, 0) is 0 Å². The molecule has 3 aromatic rings. The van der Waals surface area contributed by atoms with Gasteiger partial charge in [-0.1, -0.05) is 30.3 Å². The molecule has 2 heterocycles. The van der Waals surface area contributed by atoms with Gasteiger partial charge in [0.15, 0.2) is 5.65 Å². The highest BCUT2D eigenvalue weighted by atomic mass is 16.3. The van der Waals surface area contributed by atoms with Crippen molar-refractivity contribution < 1.29 is 5.11 Å². The van der Waals surface area contributed by atoms with Crippen LogP contribution in [0.1, 0.15) is 11.4 Å². The molecule has 90 valence electrons. The standard InChI is InChI=1S/C14H13N3O/c1-9-13-16-10(2)14(18)17(13)8-12(15-9)11-6-4-3-5-7-11/h3-8,18H,1-2H3. The molecule has 4 nitrogen and oxygen atoms in total. The number of nitrogens with zero attached hydrogens (tertiary/aromatic N) is 3. The summed E-state index contributed by atoms with van der Waals surface area (Å²) in [5.74, 6) is 0.174. The van der Waals surface area contributed by atoms with E-state index in [4.69, 9.17) is 0 Å². The first-order valence-electron chi connectivity index (χ1n) is 5.77. The normalized spacial score (nSPS) is 11.0. The molecule has 0 saturated carbocycles. The van der Waals surface area contributed by atoms with Crippen LogP contribution >= 0.6 is 0 Å². The lowest BCUT2D eigenvalue weighted by Crippen LogP contribution is -1.95. The predicted molar refractivity (Wildman–Crippen MR) is 69.6 cm³/mol. The van der Waals surface area contributed by atoms with Gasteiger partial charge in [0.05, 0.1) is 11.4 Å². The molecule has 1 aromatic carbocycles. The molecule has 2 aromatic heterocycles. The molecule has 0 saturated heterocycles. The summed E-state index contributed by atoms with van der Waals surface area (Å²) in [7, 11) is 0. The van der Waals surface area contributed by atoms with Crippen LogP contribution in [0.25, 0.3) is 16.9 Å². The number of benzene rings is 1. The van der Waals surface area contributed by atoms with Crippen molar-refractivity contribution in [1.29, 1.82) is 0 Å². The number of aromatic nitrogens is 3. The number of hydrogen-bond acceptors (Lipinski definition) is 3. The van der Waals surface area contributed by atoms with Gasteiger partial charge in [-0.2, -0.15) is 0 Å². The summed E-state index contributed by atoms with van der Waals surface area (Å²) < 4.78 is 1.68. The van der Waals surface area contributed by atoms with Gasteiger partial charge in [0.2, 0.25) is 5.88 Å². The molecular formula is C14H13N3O. The molecule has 0 spiro atoms. The summed E-state index contributed by atoms with van der Waals surface area (Å²) in [5, 5.41) is 9.97. The summed E-state index contributed by atoms with van der Waals surface area (Å²) >= 11 is 0. The number of hydrogen-bond donors (Lipinski definition) is 1. The first-order chi connectivity index (χ1) is 8.66. The van der Waals surface area contributed by atoms with Crippen molar-refractivity contribution >= 4 is 5.65 Å². The number of imidazole rings is 1. The lowest BCUT2D eigenvalue weighted by Gasteiger charge is -2.04. The predicted octanol–water partition coefficient (Wildman–Crippen LogP) is 2.72. The van der Waals surface area contributed by atoms with E-state index in [1.807, 2.05) is 43.5 Å². The van der Waals surface area contributed by atoms with Gasteiger partial charge in [-0.3, -0.25) is 4.40 Å². The minimum atomic E-state index is 0.174. The van der Waals surface area contributed by atoms with E-state index < -0.39 is 0 Å². The molecule has 0 aliphatic carbocycles. The fourth-order valence-electron chi connectivity index (χ4n) is 2.04. The van der Waals surface area contributed by atoms with Crippen molar-refractivity contribution in [3.8, 4) is 17.1 Å². The van der Waals surface area contributed by atoms with E-state index in [2.05, 4.69) is 9.97 Å². The molecule has 0 bridgehead atoms. The summed E-state index contributed by atoms with van der Waals surface area (Å²) in [5.41, 5.74) is 3.97. The highest BCUT2D eigenvalue weighted by Gasteiger charge is 2.12. The Morgan fingerprint density at radius 2 is 1.72 bits per heavy atom. The van der Waals surface area contributed by atoms with Crippen molar-refractivity contribution in [3.63, 3.8) is 0 Å². The van der Waals surface area contributed by atoms with Crippen molar-refractivity contribution in [3.05, 3.63) is 47.9 Å². The maximum Gasteiger partial charge on any atom is 0.219 e. The maximum atomic E-state index is 9.97. The Balaban J connectivity index is 2.30. The summed E-state index contributed by atoms with van der Waals surface area (Å²) in [4.78, 5) is 8.83. The van der Waals surface area contributed by atoms with Crippen molar-refractivity contribution in [2.45, 2.75) is 13.8 Å². The summed E-state index contributed by atoms with van der Waals surface area (Å²) in [6, 6.07) is 9.89. The van der Waals surface area contributed by atoms with Crippen LogP contribution in [0.4, 0.5) is 0 Å². The van der Waals surface area contributed by atoms with Gasteiger partial charge in [0, 0.05) is 11.8 Å². The Morgan fingerprint density at radius 3 is 2.44 bits per heavy atom. The topological polar surface area (TPSA) is 50.4 Å². The molecule has 0 unspecified atom stereocenters. The minimum absolute atomic E-state index is 0.174. The molecule has 4 heteroatoms. The second kappa shape index (κ2) is 3.84. The van der Waals surface area contributed by atoms with Gasteiger partial charge in [0.25, 0.3) is 0 Å². The quantitative estimate of drug-likeness (QED) is 0.710. The Kier molecular flexibility index (Phi) is 2.30. The fraction of sp³-hybridized carbons (Fsp3) is 0.143. The molecule has 0 amide bonds. The van der Waals surface area contributed by atoms with E-state index >= 15 is 0 Å². The third kappa shape index (κ3) is 1.54. The highest BCUT2D eigenvalue weighted by molar-refractivity contribution is 5.62. The second-order valence-corrected chi connectivity index (χ2v) is 4.29. The first-order valence-corrected chi connectivity index (χ1v) is 5.77. The lowest BCUT2D eigenvalue weighted by atomic mass is 10.1. The van der Waals surface area contributed by atoms with E-state index in [-0.39, 0.29) is 5.88 Å². The third-order valence-electron chi connectivity index (χ3n) is 2.99. The van der Waals surface area contributed by atoms with Crippen LogP contribution in [-0.4, -0.2) is 19.5 Å². The van der Waals surface area contributed by atoms with E-state index in [0.717, 1.165) is 17.0 Å². The summed E-state index contributed by atoms with van der Waals surface area (Å²) in [6.07, 6.45) is 1.81. The van der Waals surface area contributed by atoms with Gasteiger partial charge >= 0.3 is 0 Å². The molecule has 18 heavy (non-hydrogen) atoms. The van der Waals surface area contributed by atoms with Crippen LogP contribution in [0.5, 0.6) is 5.88 Å². The van der Waals surface area contributed by atoms with Gasteiger partial charge < -0.3 is 5.11 Å². The van der Waals surface area contributed by atoms with Crippen LogP contribution in [0.2, 0.25) is 0 Å². The average Bonchev–Trinajstić information content (AvgIpc) is 2.68. The maximum absolute atomic E-state index is 9.97. The average molecular weight is 239 g/mol. The van der Waals surface area contributed by atoms with Gasteiger partial charge in [-0.15, -0.1) is 0 Å². The number of rotatable bonds is 1. The van der Waals surface area contributed by atoms with Crippen LogP contribution < -0.4 is 0 Å². The van der Waals surface area contributed by atoms with E-state index in [1.165, 1.54) is 0 Å². The molecule has 0 atom stereocenters. The van der Waals surface area contributed by atoms with Gasteiger partial charge in [0.1, 0.15) is 5.69 Å². The molecular weight excluding hydrogens is 226 g/mol. The van der Waals surface area contributed by atoms with E-state index in [1.54, 1.807) is 11.3 Å². The van der Waals surface area contributed by atoms with Crippen LogP contribution in [0.15, 0.2) is 36.5 Å². The molecule has 0 aliphatic heterocycles. The molecule has 0 radical (unpaired) electrons. The van der Waals surface area contributed by atoms with E-state index in [9.17, 15) is 5.11 Å². The Hall–Kier alpha value is -2.36. The number of aromatic hydroxyl groups is 1. The smallest absolute Gasteiger partial charge is 0.219 e. The van der Waals surface area contributed by atoms with Gasteiger partial charge in [-0.25, -0.2) is 9.97 Å². The number of fused-ring (bicyclic) bond motifs is 1. The third-order valence-corrected chi connectivity index (χ3v) is 2.99. The van der Waals surface area contributed by atoms with Crippen molar-refractivity contribution in [2.75, 3.05) is 0 Å². The Bertz CT molecular complexity index is 717. The summed E-state index contributed by atoms with van der Waals surface area (Å²) in [6.45, 7) is 3.68. The zero-order chi connectivity index (χ0) is 12.7. The fourth-order valence-corrected chi connectivity index (χ4v) is 2.04. The Labute approximate surface area is 105 Å². The molecule has 3 rings (SSSR count). The highest BCUT2D eigenvalue weighted by Crippen LogP contribution is 2.24. The van der Waals surface area contributed by atoms with Crippen molar-refractivity contribution in [1.82, 2.24) is 14.4 Å². The zero-order valence-corrected chi connectivity index (χ0v) is 10.3. The van der Waals surface area contributed by atoms with Crippen molar-refractivity contribution in [2.24, 2.45) is 0 Å². The molecule has 0 aliphatic rings. The van der Waals surface area contributed by atoms with E-state index in [0.29, 0.717) is 11.3 Å². The zero-order valence-electron chi connectivity index (χ0n) is 10.3. The second-order valence-electron chi connectivity index (χ2n) is 4.29. The Morgan fingerprint density at radius 1 is 1.00 bits per heavy atom. The number of aryl methyl sites for hydroxylation is 2.